The van der Waals surface area contributed by atoms with E-state index in [1.54, 1.807) is 0 Å². The summed E-state index contributed by atoms with van der Waals surface area (Å²) in [5, 5.41) is 5.56. The highest BCUT2D eigenvalue weighted by molar-refractivity contribution is 6.01. The Morgan fingerprint density at radius 1 is 1.04 bits per heavy atom. The molecule has 4 aromatic rings. The number of amides is 2. The zero-order valence-electron chi connectivity index (χ0n) is 22.6. The van der Waals surface area contributed by atoms with Gasteiger partial charge in [-0.25, -0.2) is 22.0 Å². The third-order valence-electron chi connectivity index (χ3n) is 6.94. The van der Waals surface area contributed by atoms with Crippen LogP contribution in [0.5, 0.6) is 0 Å². The number of Topliss-reactive ketones (excluding diaryl/α,β-unsaturated/α-hetero) is 1. The number of halogens is 8. The zero-order valence-corrected chi connectivity index (χ0v) is 22.6. The fourth-order valence-electron chi connectivity index (χ4n) is 5.16. The molecule has 1 aliphatic carbocycles. The summed E-state index contributed by atoms with van der Waals surface area (Å²) in [6, 6.07) is 7.42. The first-order chi connectivity index (χ1) is 21.0. The second kappa shape index (κ2) is 11.4. The van der Waals surface area contributed by atoms with Crippen molar-refractivity contribution in [2.45, 2.75) is 37.5 Å². The Morgan fingerprint density at radius 2 is 1.73 bits per heavy atom. The van der Waals surface area contributed by atoms with Crippen LogP contribution >= 0.6 is 0 Å². The molecule has 1 aliphatic rings. The monoisotopic (exact) mass is 637 g/mol. The third-order valence-corrected chi connectivity index (χ3v) is 6.94. The van der Waals surface area contributed by atoms with E-state index in [1.165, 1.54) is 24.4 Å². The summed E-state index contributed by atoms with van der Waals surface area (Å²) in [5.74, 6) is -10.6. The molecule has 1 unspecified atom stereocenters. The molecule has 0 bridgehead atoms. The van der Waals surface area contributed by atoms with E-state index in [2.05, 4.69) is 15.4 Å². The van der Waals surface area contributed by atoms with Crippen molar-refractivity contribution in [1.82, 2.24) is 20.1 Å². The number of carbonyl (C=O) groups is 3. The lowest BCUT2D eigenvalue weighted by molar-refractivity contribution is -0.145. The molecule has 0 saturated carbocycles. The molecule has 2 heterocycles. The van der Waals surface area contributed by atoms with Crippen molar-refractivity contribution in [3.63, 3.8) is 0 Å². The topological polar surface area (TPSA) is 120 Å². The predicted molar refractivity (Wildman–Crippen MR) is 139 cm³/mol. The molecule has 45 heavy (non-hydrogen) atoms. The van der Waals surface area contributed by atoms with E-state index in [0.29, 0.717) is 6.07 Å². The number of fused-ring (bicyclic) bond motifs is 1. The van der Waals surface area contributed by atoms with Crippen LogP contribution in [0.15, 0.2) is 54.7 Å². The van der Waals surface area contributed by atoms with Crippen LogP contribution < -0.4 is 11.1 Å². The number of carbonyl (C=O) groups excluding carboxylic acids is 3. The Morgan fingerprint density at radius 3 is 2.38 bits per heavy atom. The van der Waals surface area contributed by atoms with Gasteiger partial charge in [-0.2, -0.15) is 18.3 Å². The predicted octanol–water partition coefficient (Wildman–Crippen LogP) is 5.26. The van der Waals surface area contributed by atoms with Gasteiger partial charge in [-0.05, 0) is 47.9 Å². The fourth-order valence-corrected chi connectivity index (χ4v) is 5.16. The summed E-state index contributed by atoms with van der Waals surface area (Å²) in [5.41, 5.74) is 0.430. The van der Waals surface area contributed by atoms with Gasteiger partial charge in [0.05, 0.1) is 29.3 Å². The minimum absolute atomic E-state index is 0.000456. The Labute approximate surface area is 247 Å². The van der Waals surface area contributed by atoms with Crippen molar-refractivity contribution >= 4 is 17.6 Å². The van der Waals surface area contributed by atoms with Crippen LogP contribution in [-0.4, -0.2) is 32.4 Å². The summed E-state index contributed by atoms with van der Waals surface area (Å²) in [7, 11) is 0. The number of pyridine rings is 1. The summed E-state index contributed by atoms with van der Waals surface area (Å²) < 4.78 is 112. The van der Waals surface area contributed by atoms with Gasteiger partial charge in [0, 0.05) is 17.8 Å². The molecule has 0 saturated heterocycles. The molecule has 0 spiro atoms. The van der Waals surface area contributed by atoms with E-state index in [4.69, 9.17) is 5.73 Å². The maximum atomic E-state index is 14.4. The first kappa shape index (κ1) is 31.3. The van der Waals surface area contributed by atoms with Gasteiger partial charge in [0.2, 0.25) is 5.91 Å². The largest absolute Gasteiger partial charge is 0.435 e. The number of ketones is 1. The molecule has 234 valence electrons. The first-order valence-electron chi connectivity index (χ1n) is 12.9. The van der Waals surface area contributed by atoms with Crippen molar-refractivity contribution in [2.24, 2.45) is 5.73 Å². The van der Waals surface area contributed by atoms with Gasteiger partial charge >= 0.3 is 6.18 Å². The Kier molecular flexibility index (Phi) is 7.93. The average molecular weight is 637 g/mol. The van der Waals surface area contributed by atoms with Crippen molar-refractivity contribution in [3.05, 3.63) is 106 Å². The number of nitrogens with zero attached hydrogens (tertiary/aromatic N) is 3. The zero-order chi connectivity index (χ0) is 32.8. The van der Waals surface area contributed by atoms with Crippen LogP contribution in [0.2, 0.25) is 0 Å². The lowest BCUT2D eigenvalue weighted by Crippen LogP contribution is -2.34. The normalized spacial score (nSPS) is 14.7. The SMILES string of the molecule is NC(=O)c1cc(-c2cccnc2C(Cc2cc(F)cc(F)c2)NC(=O)Cn2nc(C(F)(F)F)c3c2C(=O)CC3(F)F)ccc1F. The number of hydrogen-bond acceptors (Lipinski definition) is 5. The van der Waals surface area contributed by atoms with E-state index < -0.39 is 88.7 Å². The second-order valence-corrected chi connectivity index (χ2v) is 10.1. The smallest absolute Gasteiger partial charge is 0.366 e. The van der Waals surface area contributed by atoms with Gasteiger partial charge in [0.15, 0.2) is 11.5 Å². The van der Waals surface area contributed by atoms with Gasteiger partial charge < -0.3 is 11.1 Å². The molecule has 5 rings (SSSR count). The number of hydrogen-bond donors (Lipinski definition) is 2. The van der Waals surface area contributed by atoms with Gasteiger partial charge in [0.25, 0.3) is 11.8 Å². The Hall–Kier alpha value is -5.15. The van der Waals surface area contributed by atoms with Crippen LogP contribution in [0.3, 0.4) is 0 Å². The highest BCUT2D eigenvalue weighted by Crippen LogP contribution is 2.47. The summed E-state index contributed by atoms with van der Waals surface area (Å²) >= 11 is 0. The molecule has 1 atom stereocenters. The number of benzene rings is 2. The lowest BCUT2D eigenvalue weighted by atomic mass is 9.94. The van der Waals surface area contributed by atoms with Crippen molar-refractivity contribution in [1.29, 1.82) is 0 Å². The number of alkyl halides is 5. The summed E-state index contributed by atoms with van der Waals surface area (Å²) in [6.45, 7) is -1.13. The van der Waals surface area contributed by atoms with Crippen molar-refractivity contribution in [2.75, 3.05) is 0 Å². The number of nitrogens with two attached hydrogens (primary N) is 1. The quantitative estimate of drug-likeness (QED) is 0.256. The molecule has 8 nitrogen and oxygen atoms in total. The lowest BCUT2D eigenvalue weighted by Gasteiger charge is -2.22. The maximum absolute atomic E-state index is 14.4. The highest BCUT2D eigenvalue weighted by Gasteiger charge is 2.55. The summed E-state index contributed by atoms with van der Waals surface area (Å²) in [4.78, 5) is 41.5. The number of rotatable bonds is 8. The summed E-state index contributed by atoms with van der Waals surface area (Å²) in [6.07, 6.45) is -6.00. The maximum Gasteiger partial charge on any atom is 0.435 e. The highest BCUT2D eigenvalue weighted by atomic mass is 19.4. The van der Waals surface area contributed by atoms with Crippen molar-refractivity contribution in [3.8, 4) is 11.1 Å². The van der Waals surface area contributed by atoms with Crippen LogP contribution in [0.1, 0.15) is 55.8 Å². The van der Waals surface area contributed by atoms with Crippen LogP contribution in [0.4, 0.5) is 35.1 Å². The minimum Gasteiger partial charge on any atom is -0.366 e. The standard InChI is InChI=1S/C29H19F8N5O3/c30-15-6-13(7-16(31)10-15)8-20(24-17(2-1-5-39-24)14-3-4-19(32)18(9-14)27(38)45)40-22(44)12-42-25-21(43)11-28(33,34)23(25)26(41-42)29(35,36)37/h1-7,9-10,20H,8,11-12H2,(H2,38,45)(H,40,44). The van der Waals surface area contributed by atoms with E-state index in [1.807, 2.05) is 0 Å². The Bertz CT molecular complexity index is 1830. The average Bonchev–Trinajstić information content (AvgIpc) is 3.43. The number of nitrogens with one attached hydrogen (secondary N) is 1. The Balaban J connectivity index is 1.56. The first-order valence-corrected chi connectivity index (χ1v) is 12.9. The molecule has 0 radical (unpaired) electrons. The minimum atomic E-state index is -5.37. The molecule has 0 aliphatic heterocycles. The molecular formula is C29H19F8N5O3. The molecule has 2 aromatic carbocycles. The number of primary amides is 1. The number of aromatic nitrogens is 3. The molecule has 16 heteroatoms. The second-order valence-electron chi connectivity index (χ2n) is 10.1. The molecule has 3 N–H and O–H groups in total. The van der Waals surface area contributed by atoms with Crippen LogP contribution in [-0.2, 0) is 29.9 Å². The van der Waals surface area contributed by atoms with Crippen LogP contribution in [0, 0.1) is 17.5 Å². The van der Waals surface area contributed by atoms with Gasteiger partial charge in [-0.15, -0.1) is 0 Å². The van der Waals surface area contributed by atoms with Gasteiger partial charge in [-0.3, -0.25) is 24.0 Å². The molecule has 2 amide bonds. The van der Waals surface area contributed by atoms with Crippen LogP contribution in [0.25, 0.3) is 11.1 Å². The van der Waals surface area contributed by atoms with E-state index in [0.717, 1.165) is 24.3 Å². The van der Waals surface area contributed by atoms with E-state index >= 15 is 0 Å². The van der Waals surface area contributed by atoms with Crippen molar-refractivity contribution < 1.29 is 49.5 Å². The third kappa shape index (κ3) is 6.25. The van der Waals surface area contributed by atoms with Gasteiger partial charge in [-0.1, -0.05) is 12.1 Å². The van der Waals surface area contributed by atoms with E-state index in [9.17, 15) is 49.5 Å². The molecule has 0 fully saturated rings. The fraction of sp³-hybridized carbons (Fsp3) is 0.207. The van der Waals surface area contributed by atoms with Gasteiger partial charge in [0.1, 0.15) is 29.7 Å². The molecular weight excluding hydrogens is 618 g/mol. The molecule has 2 aromatic heterocycles. The van der Waals surface area contributed by atoms with E-state index in [-0.39, 0.29) is 33.5 Å².